The Bertz CT molecular complexity index is 3170. The van der Waals surface area contributed by atoms with Crippen molar-refractivity contribution in [3.63, 3.8) is 0 Å². The number of aromatic nitrogens is 5. The van der Waals surface area contributed by atoms with E-state index in [0.29, 0.717) is 0 Å². The first-order valence-corrected chi connectivity index (χ1v) is 19.5. The number of nitrogens with zero attached hydrogens (tertiary/aromatic N) is 5. The van der Waals surface area contributed by atoms with Gasteiger partial charge in [-0.2, -0.15) is 0 Å². The first-order valence-electron chi connectivity index (χ1n) is 19.5. The molecule has 0 saturated heterocycles. The van der Waals surface area contributed by atoms with Crippen LogP contribution in [0, 0.1) is 13.0 Å². The van der Waals surface area contributed by atoms with E-state index in [0.717, 1.165) is 77.9 Å². The third-order valence-electron chi connectivity index (χ3n) is 11.3. The predicted octanol–water partition coefficient (Wildman–Crippen LogP) is 12.8. The summed E-state index contributed by atoms with van der Waals surface area (Å²) in [5.74, 6) is 1.73. The Kier molecular flexibility index (Phi) is 8.68. The Morgan fingerprint density at radius 2 is 1.39 bits per heavy atom. The average Bonchev–Trinajstić information content (AvgIpc) is 3.86. The van der Waals surface area contributed by atoms with E-state index in [9.17, 15) is 0 Å². The van der Waals surface area contributed by atoms with Crippen LogP contribution in [-0.2, 0) is 31.9 Å². The fourth-order valence-electron chi connectivity index (χ4n) is 8.50. The maximum atomic E-state index is 5.60. The van der Waals surface area contributed by atoms with Crippen molar-refractivity contribution in [2.24, 2.45) is 0 Å². The van der Waals surface area contributed by atoms with Crippen LogP contribution >= 0.6 is 0 Å². The van der Waals surface area contributed by atoms with E-state index in [2.05, 4.69) is 185 Å². The molecular weight excluding hydrogens is 878 g/mol. The van der Waals surface area contributed by atoms with Gasteiger partial charge in [-0.1, -0.05) is 137 Å². The fraction of sp³-hybridized carbons (Fsp3) is 0.176. The van der Waals surface area contributed by atoms with Gasteiger partial charge in [0.25, 0.3) is 0 Å². The van der Waals surface area contributed by atoms with Gasteiger partial charge in [0, 0.05) is 23.0 Å². The summed E-state index contributed by atoms with van der Waals surface area (Å²) >= 11 is 0. The smallest absolute Gasteiger partial charge is 0.656 e. The number of fused-ring (bicyclic) bond motifs is 7. The largest absolute Gasteiger partial charge is 2.00 e. The fourth-order valence-corrected chi connectivity index (χ4v) is 8.50. The minimum absolute atomic E-state index is 0. The second-order valence-corrected chi connectivity index (χ2v) is 17.2. The quantitative estimate of drug-likeness (QED) is 0.165. The van der Waals surface area contributed by atoms with Crippen molar-refractivity contribution < 1.29 is 21.1 Å². The summed E-state index contributed by atoms with van der Waals surface area (Å²) in [5.41, 5.74) is 13.7. The first-order chi connectivity index (χ1) is 27.0. The molecule has 0 N–H and O–H groups in total. The molecule has 0 fully saturated rings. The van der Waals surface area contributed by atoms with Gasteiger partial charge >= 0.3 is 21.1 Å². The van der Waals surface area contributed by atoms with Crippen molar-refractivity contribution in [1.82, 2.24) is 24.1 Å². The van der Waals surface area contributed by atoms with E-state index in [1.165, 1.54) is 27.5 Å². The van der Waals surface area contributed by atoms with Gasteiger partial charge in [-0.15, -0.1) is 34.3 Å². The molecule has 0 saturated carbocycles. The number of hydrogen-bond acceptors (Lipinski definition) is 2. The number of imidazole rings is 1. The molecular formula is C51H43N5Pt. The van der Waals surface area contributed by atoms with E-state index in [-0.39, 0.29) is 31.9 Å². The summed E-state index contributed by atoms with van der Waals surface area (Å²) in [6.07, 6.45) is 1.87. The summed E-state index contributed by atoms with van der Waals surface area (Å²) in [6.45, 7) is 15.9. The van der Waals surface area contributed by atoms with Crippen molar-refractivity contribution >= 4 is 54.6 Å². The van der Waals surface area contributed by atoms with Crippen molar-refractivity contribution in [3.8, 4) is 34.0 Å². The van der Waals surface area contributed by atoms with Gasteiger partial charge in [-0.05, 0) is 87.0 Å². The van der Waals surface area contributed by atoms with Gasteiger partial charge in [0.1, 0.15) is 11.6 Å². The maximum absolute atomic E-state index is 5.60. The number of hydrogen-bond donors (Lipinski definition) is 0. The minimum atomic E-state index is -0.176. The molecule has 4 heterocycles. The van der Waals surface area contributed by atoms with Crippen LogP contribution < -0.4 is 4.98 Å². The van der Waals surface area contributed by atoms with E-state index < -0.39 is 0 Å². The Labute approximate surface area is 347 Å². The summed E-state index contributed by atoms with van der Waals surface area (Å²) in [6, 6.07) is 49.5. The Balaban J connectivity index is 0.00000422. The molecule has 282 valence electrons. The Morgan fingerprint density at radius 3 is 2.16 bits per heavy atom. The molecule has 0 radical (unpaired) electrons. The van der Waals surface area contributed by atoms with Gasteiger partial charge in [0.2, 0.25) is 0 Å². The molecule has 0 atom stereocenters. The standard InChI is InChI=1S/C51H43N5.Pt/c1-31-15-12-16-34(27-31)55-43-22-14-18-35(48(43)54-49(55)38-20-13-19-37-36-17-8-9-21-41(36)53-47(37)38)32-28-40(51(5,6)7)46-39-30-33(50(2,3)4)24-25-42(39)56(44(46)29-32)45-23-10-11-26-52-45;/h8-28,30H,1-7H3;/q-2;+2. The molecule has 0 aliphatic carbocycles. The zero-order valence-corrected chi connectivity index (χ0v) is 35.5. The molecule has 4 aromatic heterocycles. The van der Waals surface area contributed by atoms with Crippen molar-refractivity contribution in [3.05, 3.63) is 156 Å². The van der Waals surface area contributed by atoms with Crippen molar-refractivity contribution in [1.29, 1.82) is 0 Å². The monoisotopic (exact) mass is 920 g/mol. The zero-order valence-electron chi connectivity index (χ0n) is 33.3. The molecule has 5 nitrogen and oxygen atoms in total. The van der Waals surface area contributed by atoms with Crippen molar-refractivity contribution in [2.75, 3.05) is 0 Å². The molecule has 0 spiro atoms. The number of rotatable bonds is 4. The number of benzene rings is 6. The molecule has 0 amide bonds. The van der Waals surface area contributed by atoms with Gasteiger partial charge in [0.05, 0.1) is 11.0 Å². The molecule has 6 aromatic carbocycles. The van der Waals surface area contributed by atoms with Crippen molar-refractivity contribution in [2.45, 2.75) is 59.3 Å². The summed E-state index contributed by atoms with van der Waals surface area (Å²) in [5, 5.41) is 4.72. The van der Waals surface area contributed by atoms with E-state index in [1.807, 2.05) is 12.3 Å². The molecule has 0 bridgehead atoms. The van der Waals surface area contributed by atoms with Crippen LogP contribution in [0.5, 0.6) is 0 Å². The third kappa shape index (κ3) is 5.94. The molecule has 6 heteroatoms. The summed E-state index contributed by atoms with van der Waals surface area (Å²) in [4.78, 5) is 15.7. The zero-order chi connectivity index (χ0) is 38.5. The molecule has 57 heavy (non-hydrogen) atoms. The van der Waals surface area contributed by atoms with Crippen LogP contribution in [0.2, 0.25) is 0 Å². The Morgan fingerprint density at radius 1 is 0.632 bits per heavy atom. The average molecular weight is 921 g/mol. The van der Waals surface area contributed by atoms with E-state index in [1.54, 1.807) is 0 Å². The van der Waals surface area contributed by atoms with Crippen LogP contribution in [0.25, 0.3) is 88.7 Å². The Hall–Kier alpha value is -5.77. The number of aryl methyl sites for hydroxylation is 1. The molecule has 0 aliphatic heterocycles. The molecule has 10 aromatic rings. The van der Waals surface area contributed by atoms with Crippen LogP contribution in [0.1, 0.15) is 58.2 Å². The maximum Gasteiger partial charge on any atom is 2.00 e. The molecule has 0 aliphatic rings. The van der Waals surface area contributed by atoms with Crippen LogP contribution in [0.3, 0.4) is 0 Å². The van der Waals surface area contributed by atoms with Gasteiger partial charge < -0.3 is 9.55 Å². The summed E-state index contributed by atoms with van der Waals surface area (Å²) < 4.78 is 4.60. The van der Waals surface area contributed by atoms with Crippen LogP contribution in [-0.4, -0.2) is 19.1 Å². The summed E-state index contributed by atoms with van der Waals surface area (Å²) in [7, 11) is 0. The van der Waals surface area contributed by atoms with Crippen LogP contribution in [0.4, 0.5) is 0 Å². The predicted molar refractivity (Wildman–Crippen MR) is 233 cm³/mol. The van der Waals surface area contributed by atoms with E-state index in [4.69, 9.17) is 15.0 Å². The van der Waals surface area contributed by atoms with Crippen LogP contribution in [0.15, 0.2) is 134 Å². The third-order valence-corrected chi connectivity index (χ3v) is 11.3. The SMILES string of the molecule is Cc1cccc(-n2c(-c3cccc4c3[n-]c3ccccc34)nc3c(-c4[c-]c5c(c(C(C)(C)C)c4)c4cc(C(C)(C)C)ccc4n5-c4ccccn4)cccc32)c1.[Pt+2]. The topological polar surface area (TPSA) is 49.7 Å². The second-order valence-electron chi connectivity index (χ2n) is 17.2. The first kappa shape index (κ1) is 36.8. The molecule has 10 rings (SSSR count). The normalized spacial score (nSPS) is 12.3. The van der Waals surface area contributed by atoms with Gasteiger partial charge in [-0.25, -0.2) is 9.97 Å². The van der Waals surface area contributed by atoms with Gasteiger partial charge in [0.15, 0.2) is 0 Å². The minimum Gasteiger partial charge on any atom is -0.656 e. The van der Waals surface area contributed by atoms with E-state index >= 15 is 0 Å². The van der Waals surface area contributed by atoms with Gasteiger partial charge in [-0.3, -0.25) is 4.57 Å². The number of pyridine rings is 1. The second kappa shape index (κ2) is 13.4. The molecule has 0 unspecified atom stereocenters. The number of para-hydroxylation sites is 3.